The van der Waals surface area contributed by atoms with Gasteiger partial charge < -0.3 is 9.88 Å². The van der Waals surface area contributed by atoms with Gasteiger partial charge >= 0.3 is 0 Å². The third-order valence-electron chi connectivity index (χ3n) is 6.09. The lowest BCUT2D eigenvalue weighted by Crippen LogP contribution is -2.23. The van der Waals surface area contributed by atoms with Gasteiger partial charge in [0.05, 0.1) is 17.4 Å². The number of benzene rings is 2. The number of amides is 1. The average molecular weight is 385 g/mol. The maximum absolute atomic E-state index is 12.7. The number of rotatable bonds is 4. The van der Waals surface area contributed by atoms with Gasteiger partial charge in [-0.3, -0.25) is 9.59 Å². The second kappa shape index (κ2) is 7.32. The fourth-order valence-electron chi connectivity index (χ4n) is 4.57. The van der Waals surface area contributed by atoms with Crippen molar-refractivity contribution in [2.45, 2.75) is 44.6 Å². The first-order chi connectivity index (χ1) is 14.2. The molecule has 0 radical (unpaired) electrons. The van der Waals surface area contributed by atoms with Crippen molar-refractivity contribution in [3.8, 4) is 0 Å². The summed E-state index contributed by atoms with van der Waals surface area (Å²) in [6.07, 6.45) is 10.6. The van der Waals surface area contributed by atoms with Crippen LogP contribution >= 0.6 is 0 Å². The van der Waals surface area contributed by atoms with Crippen LogP contribution in [0.1, 0.15) is 49.3 Å². The first-order valence-corrected chi connectivity index (χ1v) is 10.3. The molecular formula is C24H23N3O2. The Morgan fingerprint density at radius 3 is 2.72 bits per heavy atom. The molecule has 1 saturated carbocycles. The number of allylic oxidation sites excluding steroid dienone is 1. The number of nitrogens with one attached hydrogen (secondary N) is 1. The number of ketones is 1. The van der Waals surface area contributed by atoms with Crippen LogP contribution in [-0.4, -0.2) is 21.2 Å². The highest BCUT2D eigenvalue weighted by Gasteiger charge is 2.25. The lowest BCUT2D eigenvalue weighted by atomic mass is 9.95. The summed E-state index contributed by atoms with van der Waals surface area (Å²) in [7, 11) is 0. The van der Waals surface area contributed by atoms with Crippen molar-refractivity contribution < 1.29 is 9.59 Å². The zero-order chi connectivity index (χ0) is 19.8. The minimum Gasteiger partial charge on any atom is -0.327 e. The molecule has 1 amide bonds. The van der Waals surface area contributed by atoms with Gasteiger partial charge in [-0.1, -0.05) is 49.6 Å². The molecule has 2 aliphatic rings. The van der Waals surface area contributed by atoms with Crippen LogP contribution in [0.15, 0.2) is 54.9 Å². The van der Waals surface area contributed by atoms with Crippen LogP contribution in [0.25, 0.3) is 16.6 Å². The van der Waals surface area contributed by atoms with Crippen LogP contribution in [0.3, 0.4) is 0 Å². The van der Waals surface area contributed by atoms with Crippen molar-refractivity contribution in [3.05, 3.63) is 66.0 Å². The third kappa shape index (κ3) is 3.27. The van der Waals surface area contributed by atoms with Crippen LogP contribution in [-0.2, 0) is 16.0 Å². The second-order valence-electron chi connectivity index (χ2n) is 7.91. The number of imidazole rings is 1. The molecule has 5 heteroatoms. The van der Waals surface area contributed by atoms with Crippen molar-refractivity contribution in [1.82, 2.24) is 9.55 Å². The molecule has 146 valence electrons. The summed E-state index contributed by atoms with van der Waals surface area (Å²) < 4.78 is 2.26. The summed E-state index contributed by atoms with van der Waals surface area (Å²) in [4.78, 5) is 29.8. The van der Waals surface area contributed by atoms with Crippen molar-refractivity contribution >= 4 is 34.0 Å². The van der Waals surface area contributed by atoms with Crippen LogP contribution in [0.5, 0.6) is 0 Å². The predicted molar refractivity (Wildman–Crippen MR) is 114 cm³/mol. The minimum atomic E-state index is -0.612. The first-order valence-electron chi connectivity index (χ1n) is 10.3. The average Bonchev–Trinajstić information content (AvgIpc) is 3.38. The highest BCUT2D eigenvalue weighted by atomic mass is 16.2. The van der Waals surface area contributed by atoms with Crippen LogP contribution in [0, 0.1) is 0 Å². The Hall–Kier alpha value is -3.21. The molecule has 1 N–H and O–H groups in total. The SMILES string of the molecule is O=C(Nc1ccc2c(c1)ncn2C1CCCCC1)C(=O)C1=CCc2ccccc21. The van der Waals surface area contributed by atoms with E-state index < -0.39 is 11.7 Å². The van der Waals surface area contributed by atoms with E-state index in [0.717, 1.165) is 22.2 Å². The number of nitrogens with zero attached hydrogens (tertiary/aromatic N) is 2. The monoisotopic (exact) mass is 385 g/mol. The number of anilines is 1. The van der Waals surface area contributed by atoms with Crippen molar-refractivity contribution in [3.63, 3.8) is 0 Å². The largest absolute Gasteiger partial charge is 0.327 e. The lowest BCUT2D eigenvalue weighted by molar-refractivity contribution is -0.131. The van der Waals surface area contributed by atoms with Gasteiger partial charge in [-0.05, 0) is 48.6 Å². The van der Waals surface area contributed by atoms with Gasteiger partial charge in [-0.2, -0.15) is 0 Å². The molecule has 0 aliphatic heterocycles. The van der Waals surface area contributed by atoms with E-state index in [4.69, 9.17) is 0 Å². The summed E-state index contributed by atoms with van der Waals surface area (Å²) >= 11 is 0. The first kappa shape index (κ1) is 17.9. The van der Waals surface area contributed by atoms with E-state index in [1.165, 1.54) is 32.1 Å². The van der Waals surface area contributed by atoms with E-state index in [2.05, 4.69) is 14.9 Å². The topological polar surface area (TPSA) is 64.0 Å². The van der Waals surface area contributed by atoms with Gasteiger partial charge in [0.1, 0.15) is 0 Å². The quantitative estimate of drug-likeness (QED) is 0.663. The molecule has 5 rings (SSSR count). The molecule has 29 heavy (non-hydrogen) atoms. The normalized spacial score (nSPS) is 16.5. The van der Waals surface area contributed by atoms with E-state index >= 15 is 0 Å². The van der Waals surface area contributed by atoms with Gasteiger partial charge in [0.2, 0.25) is 0 Å². The van der Waals surface area contributed by atoms with Gasteiger partial charge in [-0.15, -0.1) is 0 Å². The summed E-state index contributed by atoms with van der Waals surface area (Å²) in [6.45, 7) is 0. The summed E-state index contributed by atoms with van der Waals surface area (Å²) in [5, 5.41) is 2.75. The summed E-state index contributed by atoms with van der Waals surface area (Å²) in [6, 6.07) is 13.9. The van der Waals surface area contributed by atoms with Crippen molar-refractivity contribution in [1.29, 1.82) is 0 Å². The lowest BCUT2D eigenvalue weighted by Gasteiger charge is -2.23. The highest BCUT2D eigenvalue weighted by molar-refractivity contribution is 6.56. The standard InChI is InChI=1S/C24H23N3O2/c28-23(20-12-10-16-6-4-5-9-19(16)20)24(29)26-17-11-13-22-21(14-17)25-15-27(22)18-7-2-1-3-8-18/h4-6,9,11-15,18H,1-3,7-8,10H2,(H,26,29). The van der Waals surface area contributed by atoms with E-state index in [1.807, 2.05) is 54.9 Å². The molecule has 2 aromatic carbocycles. The summed E-state index contributed by atoms with van der Waals surface area (Å²) in [5.74, 6) is -1.11. The zero-order valence-corrected chi connectivity index (χ0v) is 16.2. The van der Waals surface area contributed by atoms with E-state index in [-0.39, 0.29) is 0 Å². The Morgan fingerprint density at radius 1 is 1.03 bits per heavy atom. The molecule has 0 unspecified atom stereocenters. The van der Waals surface area contributed by atoms with E-state index in [9.17, 15) is 9.59 Å². The number of fused-ring (bicyclic) bond motifs is 2. The van der Waals surface area contributed by atoms with Gasteiger partial charge in [0.25, 0.3) is 11.7 Å². The predicted octanol–water partition coefficient (Wildman–Crippen LogP) is 4.69. The zero-order valence-electron chi connectivity index (χ0n) is 16.2. The Kier molecular flexibility index (Phi) is 4.51. The summed E-state index contributed by atoms with van der Waals surface area (Å²) in [5.41, 5.74) is 4.94. The maximum atomic E-state index is 12.7. The number of aromatic nitrogens is 2. The maximum Gasteiger partial charge on any atom is 0.296 e. The molecule has 1 aromatic heterocycles. The second-order valence-corrected chi connectivity index (χ2v) is 7.91. The van der Waals surface area contributed by atoms with Crippen LogP contribution < -0.4 is 5.32 Å². The van der Waals surface area contributed by atoms with E-state index in [0.29, 0.717) is 23.7 Å². The smallest absolute Gasteiger partial charge is 0.296 e. The molecular weight excluding hydrogens is 362 g/mol. The molecule has 0 atom stereocenters. The van der Waals surface area contributed by atoms with Gasteiger partial charge in [-0.25, -0.2) is 4.98 Å². The third-order valence-corrected chi connectivity index (χ3v) is 6.09. The van der Waals surface area contributed by atoms with Crippen molar-refractivity contribution in [2.75, 3.05) is 5.32 Å². The van der Waals surface area contributed by atoms with E-state index in [1.54, 1.807) is 0 Å². The molecule has 2 aliphatic carbocycles. The molecule has 1 fully saturated rings. The minimum absolute atomic E-state index is 0.487. The fourth-order valence-corrected chi connectivity index (χ4v) is 4.57. The Balaban J connectivity index is 1.34. The molecule has 5 nitrogen and oxygen atoms in total. The van der Waals surface area contributed by atoms with Crippen LogP contribution in [0.2, 0.25) is 0 Å². The van der Waals surface area contributed by atoms with Gasteiger partial charge in [0.15, 0.2) is 0 Å². The molecule has 0 spiro atoms. The number of carbonyl (C=O) groups excluding carboxylic acids is 2. The van der Waals surface area contributed by atoms with Gasteiger partial charge in [0, 0.05) is 17.3 Å². The molecule has 1 heterocycles. The number of hydrogen-bond donors (Lipinski definition) is 1. The Bertz CT molecular complexity index is 1140. The molecule has 0 bridgehead atoms. The molecule has 3 aromatic rings. The number of Topliss-reactive ketones (excluding diaryl/α,β-unsaturated/α-hetero) is 1. The highest BCUT2D eigenvalue weighted by Crippen LogP contribution is 2.32. The fraction of sp³-hybridized carbons (Fsp3) is 0.292. The Morgan fingerprint density at radius 2 is 1.86 bits per heavy atom. The molecule has 0 saturated heterocycles. The van der Waals surface area contributed by atoms with Crippen LogP contribution in [0.4, 0.5) is 5.69 Å². The number of carbonyl (C=O) groups is 2. The number of hydrogen-bond acceptors (Lipinski definition) is 3. The Labute approximate surface area is 169 Å². The van der Waals surface area contributed by atoms with Crippen molar-refractivity contribution in [2.24, 2.45) is 0 Å².